The summed E-state index contributed by atoms with van der Waals surface area (Å²) in [6, 6.07) is 0. The van der Waals surface area contributed by atoms with E-state index in [1.165, 1.54) is 44.2 Å². The summed E-state index contributed by atoms with van der Waals surface area (Å²) in [5.41, 5.74) is 7.41. The van der Waals surface area contributed by atoms with Crippen LogP contribution in [0.4, 0.5) is 0 Å². The third kappa shape index (κ3) is 2.75. The molecule has 4 aliphatic rings. The Labute approximate surface area is 152 Å². The van der Waals surface area contributed by atoms with Crippen molar-refractivity contribution in [3.63, 3.8) is 0 Å². The summed E-state index contributed by atoms with van der Waals surface area (Å²) in [6.45, 7) is 6.01. The van der Waals surface area contributed by atoms with Gasteiger partial charge in [0.1, 0.15) is 6.61 Å². The van der Waals surface area contributed by atoms with Gasteiger partial charge in [-0.1, -0.05) is 19.0 Å². The van der Waals surface area contributed by atoms with Crippen LogP contribution in [0.2, 0.25) is 0 Å². The number of hydrogen-bond acceptors (Lipinski definition) is 4. The summed E-state index contributed by atoms with van der Waals surface area (Å²) in [5.74, 6) is 3.20. The van der Waals surface area contributed by atoms with Gasteiger partial charge < -0.3 is 15.7 Å². The quantitative estimate of drug-likeness (QED) is 0.603. The molecule has 4 unspecified atom stereocenters. The van der Waals surface area contributed by atoms with Crippen molar-refractivity contribution >= 4 is 5.71 Å². The standard InChI is InChI=1S/C21H36N2O2/c1-20-9-7-15(23-25-12-11-22)13-14(20)3-4-16-17-5-6-19(24)21(17,2)10-8-18(16)20/h14,16-19,24H,3-13,22H2,1-2H3/b23-15-/t14?,16?,17?,18?,19-,20+,21+/m1/s1. The van der Waals surface area contributed by atoms with Crippen LogP contribution in [0.25, 0.3) is 0 Å². The minimum atomic E-state index is -0.0613. The summed E-state index contributed by atoms with van der Waals surface area (Å²) in [7, 11) is 0. The van der Waals surface area contributed by atoms with E-state index < -0.39 is 0 Å². The first kappa shape index (κ1) is 17.8. The molecule has 142 valence electrons. The summed E-state index contributed by atoms with van der Waals surface area (Å²) >= 11 is 0. The van der Waals surface area contributed by atoms with Gasteiger partial charge in [-0.2, -0.15) is 0 Å². The van der Waals surface area contributed by atoms with Gasteiger partial charge in [0.25, 0.3) is 0 Å². The Morgan fingerprint density at radius 2 is 1.88 bits per heavy atom. The summed E-state index contributed by atoms with van der Waals surface area (Å²) in [4.78, 5) is 5.36. The van der Waals surface area contributed by atoms with Crippen LogP contribution in [-0.2, 0) is 4.84 Å². The van der Waals surface area contributed by atoms with Crippen LogP contribution < -0.4 is 5.73 Å². The number of nitrogens with zero attached hydrogens (tertiary/aromatic N) is 1. The van der Waals surface area contributed by atoms with Crippen molar-refractivity contribution in [2.24, 2.45) is 45.4 Å². The number of fused-ring (bicyclic) bond motifs is 5. The second kappa shape index (κ2) is 6.53. The summed E-state index contributed by atoms with van der Waals surface area (Å²) < 4.78 is 0. The Morgan fingerprint density at radius 1 is 1.08 bits per heavy atom. The average Bonchev–Trinajstić information content (AvgIpc) is 2.90. The normalized spacial score (nSPS) is 50.9. The molecule has 0 aromatic heterocycles. The molecule has 0 aliphatic heterocycles. The molecule has 0 aromatic rings. The molecule has 0 aromatic carbocycles. The van der Waals surface area contributed by atoms with Crippen molar-refractivity contribution in [2.45, 2.75) is 77.7 Å². The van der Waals surface area contributed by atoms with Gasteiger partial charge >= 0.3 is 0 Å². The summed E-state index contributed by atoms with van der Waals surface area (Å²) in [6.07, 6.45) is 10.9. The molecule has 4 aliphatic carbocycles. The first-order valence-corrected chi connectivity index (χ1v) is 10.5. The number of aliphatic hydroxyl groups excluding tert-OH is 1. The fraction of sp³-hybridized carbons (Fsp3) is 0.952. The first-order chi connectivity index (χ1) is 12.0. The van der Waals surface area contributed by atoms with E-state index in [9.17, 15) is 5.11 Å². The lowest BCUT2D eigenvalue weighted by atomic mass is 9.45. The second-order valence-electron chi connectivity index (χ2n) is 9.78. The highest BCUT2D eigenvalue weighted by molar-refractivity contribution is 5.85. The molecule has 4 fully saturated rings. The van der Waals surface area contributed by atoms with Gasteiger partial charge in [-0.25, -0.2) is 0 Å². The predicted molar refractivity (Wildman–Crippen MR) is 100 cm³/mol. The third-order valence-electron chi connectivity index (χ3n) is 8.85. The molecule has 0 radical (unpaired) electrons. The van der Waals surface area contributed by atoms with E-state index in [1.807, 2.05) is 0 Å². The number of rotatable bonds is 3. The van der Waals surface area contributed by atoms with E-state index in [-0.39, 0.29) is 11.5 Å². The van der Waals surface area contributed by atoms with Crippen LogP contribution in [-0.4, -0.2) is 30.1 Å². The van der Waals surface area contributed by atoms with E-state index in [1.54, 1.807) is 0 Å². The van der Waals surface area contributed by atoms with Crippen LogP contribution in [0, 0.1) is 34.5 Å². The Balaban J connectivity index is 1.50. The number of oxime groups is 1. The van der Waals surface area contributed by atoms with Crippen molar-refractivity contribution in [3.05, 3.63) is 0 Å². The van der Waals surface area contributed by atoms with Gasteiger partial charge in [0.2, 0.25) is 0 Å². The summed E-state index contributed by atoms with van der Waals surface area (Å²) in [5, 5.41) is 14.9. The number of hydrogen-bond donors (Lipinski definition) is 2. The number of nitrogens with two attached hydrogens (primary N) is 1. The molecule has 4 nitrogen and oxygen atoms in total. The van der Waals surface area contributed by atoms with E-state index in [0.717, 1.165) is 42.9 Å². The van der Waals surface area contributed by atoms with Crippen LogP contribution in [0.1, 0.15) is 71.6 Å². The lowest BCUT2D eigenvalue weighted by Gasteiger charge is -2.60. The maximum atomic E-state index is 10.6. The largest absolute Gasteiger partial charge is 0.395 e. The Morgan fingerprint density at radius 3 is 2.68 bits per heavy atom. The second-order valence-corrected chi connectivity index (χ2v) is 9.78. The monoisotopic (exact) mass is 348 g/mol. The fourth-order valence-corrected chi connectivity index (χ4v) is 7.30. The highest BCUT2D eigenvalue weighted by atomic mass is 16.6. The van der Waals surface area contributed by atoms with E-state index >= 15 is 0 Å². The van der Waals surface area contributed by atoms with Crippen LogP contribution in [0.3, 0.4) is 0 Å². The Bertz CT molecular complexity index is 536. The topological polar surface area (TPSA) is 67.8 Å². The van der Waals surface area contributed by atoms with Crippen LogP contribution in [0.5, 0.6) is 0 Å². The Kier molecular flexibility index (Phi) is 4.64. The lowest BCUT2D eigenvalue weighted by Crippen LogP contribution is -2.54. The molecule has 0 saturated heterocycles. The lowest BCUT2D eigenvalue weighted by molar-refractivity contribution is -0.112. The maximum absolute atomic E-state index is 10.6. The smallest absolute Gasteiger partial charge is 0.129 e. The molecule has 7 atom stereocenters. The van der Waals surface area contributed by atoms with Gasteiger partial charge in [-0.3, -0.25) is 0 Å². The third-order valence-corrected chi connectivity index (χ3v) is 8.85. The van der Waals surface area contributed by atoms with Gasteiger partial charge in [-0.05, 0) is 92.3 Å². The molecule has 0 bridgehead atoms. The average molecular weight is 349 g/mol. The van der Waals surface area contributed by atoms with E-state index in [0.29, 0.717) is 18.6 Å². The minimum Gasteiger partial charge on any atom is -0.395 e. The molecule has 0 spiro atoms. The van der Waals surface area contributed by atoms with Crippen LogP contribution in [0.15, 0.2) is 5.16 Å². The molecule has 3 N–H and O–H groups in total. The molecule has 4 saturated carbocycles. The molecule has 4 rings (SSSR count). The molecular formula is C21H36N2O2. The molecule has 4 heteroatoms. The first-order valence-electron chi connectivity index (χ1n) is 10.5. The van der Waals surface area contributed by atoms with Crippen molar-refractivity contribution in [1.29, 1.82) is 0 Å². The van der Waals surface area contributed by atoms with Gasteiger partial charge in [0.05, 0.1) is 11.8 Å². The highest BCUT2D eigenvalue weighted by Gasteiger charge is 2.59. The van der Waals surface area contributed by atoms with Crippen molar-refractivity contribution < 1.29 is 9.94 Å². The zero-order chi connectivity index (χ0) is 17.7. The van der Waals surface area contributed by atoms with Gasteiger partial charge in [0, 0.05) is 6.54 Å². The van der Waals surface area contributed by atoms with Gasteiger partial charge in [-0.15, -0.1) is 0 Å². The Hall–Kier alpha value is -0.610. The molecule has 25 heavy (non-hydrogen) atoms. The zero-order valence-electron chi connectivity index (χ0n) is 16.0. The molecule has 0 heterocycles. The maximum Gasteiger partial charge on any atom is 0.129 e. The van der Waals surface area contributed by atoms with Gasteiger partial charge in [0.15, 0.2) is 0 Å². The van der Waals surface area contributed by atoms with Crippen LogP contribution >= 0.6 is 0 Å². The van der Waals surface area contributed by atoms with Crippen molar-refractivity contribution in [2.75, 3.05) is 13.2 Å². The number of aliphatic hydroxyl groups is 1. The minimum absolute atomic E-state index is 0.0613. The fourth-order valence-electron chi connectivity index (χ4n) is 7.30. The van der Waals surface area contributed by atoms with E-state index in [2.05, 4.69) is 19.0 Å². The SMILES string of the molecule is C[C@]12CC/C(=N/OCCN)CC1CCC1C2CC[C@@]2(C)C1CC[C@H]2O. The van der Waals surface area contributed by atoms with Crippen molar-refractivity contribution in [3.8, 4) is 0 Å². The predicted octanol–water partition coefficient (Wildman–Crippen LogP) is 3.72. The molecule has 0 amide bonds. The van der Waals surface area contributed by atoms with E-state index in [4.69, 9.17) is 10.6 Å². The highest BCUT2D eigenvalue weighted by Crippen LogP contribution is 2.65. The zero-order valence-corrected chi connectivity index (χ0v) is 16.0. The van der Waals surface area contributed by atoms with Crippen molar-refractivity contribution in [1.82, 2.24) is 0 Å². The molecular weight excluding hydrogens is 312 g/mol.